The minimum absolute atomic E-state index is 0.399. The highest BCUT2D eigenvalue weighted by molar-refractivity contribution is 5.87. The van der Waals surface area contributed by atoms with Crippen LogP contribution in [0.1, 0.15) is 5.82 Å². The van der Waals surface area contributed by atoms with Crippen LogP contribution in [0.5, 0.6) is 5.75 Å². The van der Waals surface area contributed by atoms with E-state index in [0.29, 0.717) is 6.61 Å². The zero-order chi connectivity index (χ0) is 14.8. The topological polar surface area (TPSA) is 67.2 Å². The van der Waals surface area contributed by atoms with Crippen LogP contribution in [0, 0.1) is 0 Å². The van der Waals surface area contributed by atoms with Crippen molar-refractivity contribution in [3.05, 3.63) is 48.3 Å². The molecule has 2 aromatic carbocycles. The monoisotopic (exact) mass is 282 g/mol. The fraction of sp³-hybridized carbons (Fsp3) is 0.188. The van der Waals surface area contributed by atoms with Crippen LogP contribution in [0.4, 0.5) is 11.4 Å². The van der Waals surface area contributed by atoms with Gasteiger partial charge in [-0.1, -0.05) is 18.2 Å². The molecule has 0 unspecified atom stereocenters. The van der Waals surface area contributed by atoms with Crippen LogP contribution in [0.2, 0.25) is 0 Å². The van der Waals surface area contributed by atoms with Crippen molar-refractivity contribution in [2.75, 3.05) is 24.7 Å². The Morgan fingerprint density at radius 3 is 2.67 bits per heavy atom. The molecule has 5 nitrogen and oxygen atoms in total. The highest BCUT2D eigenvalue weighted by atomic mass is 16.5. The maximum absolute atomic E-state index is 6.04. The molecule has 0 fully saturated rings. The summed E-state index contributed by atoms with van der Waals surface area (Å²) in [5.74, 6) is 1.61. The molecule has 3 rings (SSSR count). The van der Waals surface area contributed by atoms with Crippen molar-refractivity contribution in [1.29, 1.82) is 0 Å². The lowest BCUT2D eigenvalue weighted by Gasteiger charge is -2.14. The van der Waals surface area contributed by atoms with Crippen LogP contribution in [0.15, 0.2) is 42.5 Å². The lowest BCUT2D eigenvalue weighted by Crippen LogP contribution is -2.10. The number of aromatic amines is 1. The molecular formula is C16H18N4O. The smallest absolute Gasteiger partial charge is 0.146 e. The van der Waals surface area contributed by atoms with Crippen molar-refractivity contribution in [1.82, 2.24) is 9.97 Å². The van der Waals surface area contributed by atoms with E-state index in [1.54, 1.807) is 0 Å². The predicted octanol–water partition coefficient (Wildman–Crippen LogP) is 2.79. The molecular weight excluding hydrogens is 264 g/mol. The van der Waals surface area contributed by atoms with Crippen LogP contribution in [0.25, 0.3) is 11.0 Å². The molecule has 0 saturated heterocycles. The van der Waals surface area contributed by atoms with Crippen molar-refractivity contribution in [2.45, 2.75) is 6.61 Å². The van der Waals surface area contributed by atoms with Crippen LogP contribution in [-0.2, 0) is 6.61 Å². The van der Waals surface area contributed by atoms with Crippen LogP contribution in [0.3, 0.4) is 0 Å². The van der Waals surface area contributed by atoms with Gasteiger partial charge in [-0.2, -0.15) is 0 Å². The van der Waals surface area contributed by atoms with E-state index in [1.807, 2.05) is 61.5 Å². The molecule has 0 aliphatic heterocycles. The number of nitrogen functional groups attached to an aromatic ring is 1. The number of rotatable bonds is 4. The molecule has 0 aliphatic carbocycles. The van der Waals surface area contributed by atoms with Gasteiger partial charge in [-0.15, -0.1) is 0 Å². The Hall–Kier alpha value is -2.69. The lowest BCUT2D eigenvalue weighted by molar-refractivity contribution is 0.297. The third-order valence-corrected chi connectivity index (χ3v) is 3.28. The van der Waals surface area contributed by atoms with Gasteiger partial charge in [0.1, 0.15) is 18.2 Å². The van der Waals surface area contributed by atoms with Gasteiger partial charge in [0.15, 0.2) is 0 Å². The number of anilines is 2. The average molecular weight is 282 g/mol. The fourth-order valence-corrected chi connectivity index (χ4v) is 2.24. The largest absolute Gasteiger partial charge is 0.486 e. The van der Waals surface area contributed by atoms with Gasteiger partial charge in [-0.05, 0) is 24.3 Å². The van der Waals surface area contributed by atoms with E-state index in [0.717, 1.165) is 34.0 Å². The first-order chi connectivity index (χ1) is 10.1. The van der Waals surface area contributed by atoms with E-state index in [1.165, 1.54) is 0 Å². The fourth-order valence-electron chi connectivity index (χ4n) is 2.24. The zero-order valence-electron chi connectivity index (χ0n) is 12.1. The molecule has 21 heavy (non-hydrogen) atoms. The maximum atomic E-state index is 6.04. The number of ether oxygens (including phenoxy) is 1. The molecule has 0 saturated carbocycles. The van der Waals surface area contributed by atoms with Crippen molar-refractivity contribution < 1.29 is 4.74 Å². The lowest BCUT2D eigenvalue weighted by atomic mass is 10.2. The maximum Gasteiger partial charge on any atom is 0.146 e. The normalized spacial score (nSPS) is 10.8. The zero-order valence-corrected chi connectivity index (χ0v) is 12.1. The van der Waals surface area contributed by atoms with Crippen molar-refractivity contribution >= 4 is 22.4 Å². The van der Waals surface area contributed by atoms with E-state index in [2.05, 4.69) is 9.97 Å². The van der Waals surface area contributed by atoms with Crippen molar-refractivity contribution in [2.24, 2.45) is 0 Å². The van der Waals surface area contributed by atoms with E-state index in [9.17, 15) is 0 Å². The molecule has 108 valence electrons. The SMILES string of the molecule is CN(C)c1cc2nc(COc3ccccc3)[nH]c2cc1N. The quantitative estimate of drug-likeness (QED) is 0.722. The molecule has 0 aliphatic rings. The molecule has 0 atom stereocenters. The van der Waals surface area contributed by atoms with Crippen LogP contribution >= 0.6 is 0 Å². The standard InChI is InChI=1S/C16H18N4O/c1-20(2)15-9-14-13(8-12(15)17)18-16(19-14)10-21-11-6-4-3-5-7-11/h3-9H,10,17H2,1-2H3,(H,18,19). The third kappa shape index (κ3) is 2.76. The summed E-state index contributed by atoms with van der Waals surface area (Å²) in [6.45, 7) is 0.399. The number of nitrogens with two attached hydrogens (primary N) is 1. The summed E-state index contributed by atoms with van der Waals surface area (Å²) in [7, 11) is 3.92. The van der Waals surface area contributed by atoms with E-state index < -0.39 is 0 Å². The first-order valence-corrected chi connectivity index (χ1v) is 6.77. The summed E-state index contributed by atoms with van der Waals surface area (Å²) >= 11 is 0. The number of para-hydroxylation sites is 1. The molecule has 5 heteroatoms. The summed E-state index contributed by atoms with van der Waals surface area (Å²) in [6, 6.07) is 13.6. The Kier molecular flexibility index (Phi) is 3.39. The van der Waals surface area contributed by atoms with E-state index in [4.69, 9.17) is 10.5 Å². The number of nitrogens with zero attached hydrogens (tertiary/aromatic N) is 2. The van der Waals surface area contributed by atoms with E-state index in [-0.39, 0.29) is 0 Å². The minimum Gasteiger partial charge on any atom is -0.486 e. The molecule has 0 bridgehead atoms. The number of H-pyrrole nitrogens is 1. The molecule has 3 aromatic rings. The number of benzene rings is 2. The third-order valence-electron chi connectivity index (χ3n) is 3.28. The minimum atomic E-state index is 0.399. The molecule has 1 heterocycles. The Morgan fingerprint density at radius 1 is 1.19 bits per heavy atom. The Morgan fingerprint density at radius 2 is 1.95 bits per heavy atom. The molecule has 0 spiro atoms. The second-order valence-electron chi connectivity index (χ2n) is 5.11. The number of hydrogen-bond donors (Lipinski definition) is 2. The van der Waals surface area contributed by atoms with Gasteiger partial charge in [-0.3, -0.25) is 0 Å². The second-order valence-corrected chi connectivity index (χ2v) is 5.11. The molecule has 3 N–H and O–H groups in total. The number of fused-ring (bicyclic) bond motifs is 1. The predicted molar refractivity (Wildman–Crippen MR) is 85.6 cm³/mol. The van der Waals surface area contributed by atoms with Gasteiger partial charge >= 0.3 is 0 Å². The highest BCUT2D eigenvalue weighted by Gasteiger charge is 2.09. The van der Waals surface area contributed by atoms with Crippen LogP contribution in [-0.4, -0.2) is 24.1 Å². The summed E-state index contributed by atoms with van der Waals surface area (Å²) in [4.78, 5) is 9.76. The van der Waals surface area contributed by atoms with Crippen molar-refractivity contribution in [3.63, 3.8) is 0 Å². The first-order valence-electron chi connectivity index (χ1n) is 6.77. The van der Waals surface area contributed by atoms with Crippen LogP contribution < -0.4 is 15.4 Å². The second kappa shape index (κ2) is 5.36. The Balaban J connectivity index is 1.84. The number of hydrogen-bond acceptors (Lipinski definition) is 4. The first kappa shape index (κ1) is 13.3. The van der Waals surface area contributed by atoms with E-state index >= 15 is 0 Å². The molecule has 0 radical (unpaired) electrons. The van der Waals surface area contributed by atoms with Gasteiger partial charge in [0.05, 0.1) is 22.4 Å². The summed E-state index contributed by atoms with van der Waals surface area (Å²) in [6.07, 6.45) is 0. The Labute approximate surface area is 123 Å². The molecule has 0 amide bonds. The number of nitrogens with one attached hydrogen (secondary N) is 1. The van der Waals surface area contributed by atoms with Crippen molar-refractivity contribution in [3.8, 4) is 5.75 Å². The Bertz CT molecular complexity index is 750. The van der Waals surface area contributed by atoms with Gasteiger partial charge < -0.3 is 20.4 Å². The van der Waals surface area contributed by atoms with Gasteiger partial charge in [0.2, 0.25) is 0 Å². The summed E-state index contributed by atoms with van der Waals surface area (Å²) < 4.78 is 5.69. The highest BCUT2D eigenvalue weighted by Crippen LogP contribution is 2.26. The van der Waals surface area contributed by atoms with Gasteiger partial charge in [0, 0.05) is 14.1 Å². The molecule has 1 aromatic heterocycles. The summed E-state index contributed by atoms with van der Waals surface area (Å²) in [5, 5.41) is 0. The van der Waals surface area contributed by atoms with Gasteiger partial charge in [-0.25, -0.2) is 4.98 Å². The summed E-state index contributed by atoms with van der Waals surface area (Å²) in [5.41, 5.74) is 9.54. The number of imidazole rings is 1. The average Bonchev–Trinajstić information content (AvgIpc) is 2.87. The van der Waals surface area contributed by atoms with Gasteiger partial charge in [0.25, 0.3) is 0 Å². The number of aromatic nitrogens is 2.